The molecular formula is C19H21BrO. The number of benzene rings is 2. The van der Waals surface area contributed by atoms with E-state index in [-0.39, 0.29) is 21.9 Å². The van der Waals surface area contributed by atoms with Gasteiger partial charge in [-0.3, -0.25) is 4.79 Å². The van der Waals surface area contributed by atoms with Gasteiger partial charge in [-0.05, 0) is 11.0 Å². The minimum absolute atomic E-state index is 0.00593. The van der Waals surface area contributed by atoms with Gasteiger partial charge in [-0.2, -0.15) is 0 Å². The fraction of sp³-hybridized carbons (Fsp3) is 0.316. The van der Waals surface area contributed by atoms with Crippen LogP contribution in [0.15, 0.2) is 60.7 Å². The first-order valence-electron chi connectivity index (χ1n) is 7.19. The topological polar surface area (TPSA) is 17.1 Å². The van der Waals surface area contributed by atoms with Crippen LogP contribution in [0.2, 0.25) is 0 Å². The number of halogens is 1. The molecule has 2 unspecified atom stereocenters. The van der Waals surface area contributed by atoms with Crippen LogP contribution in [0, 0.1) is 11.3 Å². The molecule has 1 nitrogen and oxygen atoms in total. The highest BCUT2D eigenvalue weighted by atomic mass is 79.9. The van der Waals surface area contributed by atoms with Gasteiger partial charge in [0.2, 0.25) is 0 Å². The SMILES string of the molecule is CC(C)(C)C(C(=O)c1ccccc1)C(Br)c1ccccc1. The lowest BCUT2D eigenvalue weighted by molar-refractivity contribution is 0.0815. The average Bonchev–Trinajstić information content (AvgIpc) is 2.47. The lowest BCUT2D eigenvalue weighted by atomic mass is 9.73. The van der Waals surface area contributed by atoms with Gasteiger partial charge < -0.3 is 0 Å². The summed E-state index contributed by atoms with van der Waals surface area (Å²) >= 11 is 3.77. The van der Waals surface area contributed by atoms with E-state index >= 15 is 0 Å². The number of rotatable bonds is 4. The highest BCUT2D eigenvalue weighted by Crippen LogP contribution is 2.43. The average molecular weight is 345 g/mol. The third-order valence-corrected chi connectivity index (χ3v) is 4.74. The summed E-state index contributed by atoms with van der Waals surface area (Å²) in [5.74, 6) is 0.0659. The Morgan fingerprint density at radius 2 is 1.38 bits per heavy atom. The highest BCUT2D eigenvalue weighted by molar-refractivity contribution is 9.09. The molecule has 0 radical (unpaired) electrons. The van der Waals surface area contributed by atoms with Crippen LogP contribution in [0.25, 0.3) is 0 Å². The predicted octanol–water partition coefficient (Wildman–Crippen LogP) is 5.67. The normalized spacial score (nSPS) is 14.5. The molecule has 0 saturated carbocycles. The van der Waals surface area contributed by atoms with Crippen LogP contribution in [0.1, 0.15) is 41.5 Å². The fourth-order valence-corrected chi connectivity index (χ4v) is 3.91. The number of carbonyl (C=O) groups excluding carboxylic acids is 1. The number of hydrogen-bond donors (Lipinski definition) is 0. The lowest BCUT2D eigenvalue weighted by Crippen LogP contribution is -2.32. The summed E-state index contributed by atoms with van der Waals surface area (Å²) in [7, 11) is 0. The monoisotopic (exact) mass is 344 g/mol. The molecule has 0 aliphatic heterocycles. The Morgan fingerprint density at radius 1 is 0.905 bits per heavy atom. The number of alkyl halides is 1. The van der Waals surface area contributed by atoms with E-state index in [9.17, 15) is 4.79 Å². The van der Waals surface area contributed by atoms with Gasteiger partial charge in [0, 0.05) is 11.5 Å². The molecule has 0 aliphatic rings. The van der Waals surface area contributed by atoms with Crippen LogP contribution < -0.4 is 0 Å². The molecule has 0 saturated heterocycles. The summed E-state index contributed by atoms with van der Waals surface area (Å²) in [5.41, 5.74) is 1.79. The predicted molar refractivity (Wildman–Crippen MR) is 91.8 cm³/mol. The second-order valence-electron chi connectivity index (χ2n) is 6.39. The van der Waals surface area contributed by atoms with E-state index in [1.807, 2.05) is 48.5 Å². The Hall–Kier alpha value is -1.41. The zero-order chi connectivity index (χ0) is 15.5. The molecule has 2 aromatic carbocycles. The van der Waals surface area contributed by atoms with Gasteiger partial charge in [0.1, 0.15) is 0 Å². The number of ketones is 1. The lowest BCUT2D eigenvalue weighted by Gasteiger charge is -2.33. The molecule has 2 rings (SSSR count). The summed E-state index contributed by atoms with van der Waals surface area (Å²) in [5, 5.41) is 0. The summed E-state index contributed by atoms with van der Waals surface area (Å²) < 4.78 is 0. The van der Waals surface area contributed by atoms with E-state index in [4.69, 9.17) is 0 Å². The number of Topliss-reactive ketones (excluding diaryl/α,β-unsaturated/α-hetero) is 1. The van der Waals surface area contributed by atoms with Crippen molar-refractivity contribution in [2.75, 3.05) is 0 Å². The van der Waals surface area contributed by atoms with Crippen LogP contribution in [-0.4, -0.2) is 5.78 Å². The second-order valence-corrected chi connectivity index (χ2v) is 7.37. The number of carbonyl (C=O) groups is 1. The molecule has 0 spiro atoms. The van der Waals surface area contributed by atoms with Crippen molar-refractivity contribution >= 4 is 21.7 Å². The van der Waals surface area contributed by atoms with Gasteiger partial charge in [0.15, 0.2) is 5.78 Å². The molecule has 2 aromatic rings. The molecule has 0 N–H and O–H groups in total. The van der Waals surface area contributed by atoms with Crippen molar-refractivity contribution in [3.05, 3.63) is 71.8 Å². The fourth-order valence-electron chi connectivity index (χ4n) is 2.58. The first kappa shape index (κ1) is 16.0. The second kappa shape index (κ2) is 6.57. The Bertz CT molecular complexity index is 584. The van der Waals surface area contributed by atoms with Crippen LogP contribution in [0.5, 0.6) is 0 Å². The molecule has 0 aliphatic carbocycles. The van der Waals surface area contributed by atoms with Crippen LogP contribution in [0.4, 0.5) is 0 Å². The zero-order valence-corrected chi connectivity index (χ0v) is 14.3. The third kappa shape index (κ3) is 3.82. The van der Waals surface area contributed by atoms with Gasteiger partial charge in [0.05, 0.1) is 4.83 Å². The molecule has 2 heteroatoms. The highest BCUT2D eigenvalue weighted by Gasteiger charge is 2.37. The Labute approximate surface area is 135 Å². The van der Waals surface area contributed by atoms with Gasteiger partial charge in [0.25, 0.3) is 0 Å². The first-order chi connectivity index (χ1) is 9.91. The molecule has 0 aromatic heterocycles. The Kier molecular flexibility index (Phi) is 5.00. The van der Waals surface area contributed by atoms with Crippen LogP contribution in [-0.2, 0) is 0 Å². The molecule has 0 bridgehead atoms. The minimum atomic E-state index is -0.128. The van der Waals surface area contributed by atoms with Gasteiger partial charge in [-0.25, -0.2) is 0 Å². The molecule has 21 heavy (non-hydrogen) atoms. The van der Waals surface area contributed by atoms with Crippen molar-refractivity contribution in [2.45, 2.75) is 25.6 Å². The molecule has 0 fully saturated rings. The van der Waals surface area contributed by atoms with Crippen molar-refractivity contribution in [1.82, 2.24) is 0 Å². The summed E-state index contributed by atoms with van der Waals surface area (Å²) in [6, 6.07) is 19.7. The van der Waals surface area contributed by atoms with Crippen molar-refractivity contribution < 1.29 is 4.79 Å². The van der Waals surface area contributed by atoms with E-state index in [1.165, 1.54) is 0 Å². The maximum atomic E-state index is 13.0. The van der Waals surface area contributed by atoms with Crippen LogP contribution in [0.3, 0.4) is 0 Å². The largest absolute Gasteiger partial charge is 0.294 e. The van der Waals surface area contributed by atoms with Gasteiger partial charge in [-0.1, -0.05) is 97.4 Å². The van der Waals surface area contributed by atoms with Gasteiger partial charge >= 0.3 is 0 Å². The Balaban J connectivity index is 2.38. The van der Waals surface area contributed by atoms with Crippen LogP contribution >= 0.6 is 15.9 Å². The number of hydrogen-bond acceptors (Lipinski definition) is 1. The zero-order valence-electron chi connectivity index (χ0n) is 12.7. The van der Waals surface area contributed by atoms with E-state index < -0.39 is 0 Å². The standard InChI is InChI=1S/C19H21BrO/c1-19(2,3)16(17(20)14-10-6-4-7-11-14)18(21)15-12-8-5-9-13-15/h4-13,16-17H,1-3H3. The van der Waals surface area contributed by atoms with Crippen molar-refractivity contribution in [2.24, 2.45) is 11.3 Å². The maximum Gasteiger partial charge on any atom is 0.167 e. The van der Waals surface area contributed by atoms with E-state index in [1.54, 1.807) is 0 Å². The molecule has 110 valence electrons. The Morgan fingerprint density at radius 3 is 1.86 bits per heavy atom. The maximum absolute atomic E-state index is 13.0. The van der Waals surface area contributed by atoms with Crippen molar-refractivity contribution in [3.63, 3.8) is 0 Å². The molecule has 0 heterocycles. The molecular weight excluding hydrogens is 324 g/mol. The van der Waals surface area contributed by atoms with Crippen molar-refractivity contribution in [3.8, 4) is 0 Å². The molecule has 0 amide bonds. The minimum Gasteiger partial charge on any atom is -0.294 e. The summed E-state index contributed by atoms with van der Waals surface area (Å²) in [6.07, 6.45) is 0. The summed E-state index contributed by atoms with van der Waals surface area (Å²) in [4.78, 5) is 13.0. The van der Waals surface area contributed by atoms with Crippen molar-refractivity contribution in [1.29, 1.82) is 0 Å². The van der Waals surface area contributed by atoms with E-state index in [2.05, 4.69) is 48.8 Å². The first-order valence-corrected chi connectivity index (χ1v) is 8.11. The quantitative estimate of drug-likeness (QED) is 0.516. The van der Waals surface area contributed by atoms with E-state index in [0.717, 1.165) is 11.1 Å². The smallest absolute Gasteiger partial charge is 0.167 e. The molecule has 2 atom stereocenters. The summed E-state index contributed by atoms with van der Waals surface area (Å²) in [6.45, 7) is 6.36. The van der Waals surface area contributed by atoms with Gasteiger partial charge in [-0.15, -0.1) is 0 Å². The van der Waals surface area contributed by atoms with E-state index in [0.29, 0.717) is 0 Å². The third-order valence-electron chi connectivity index (χ3n) is 3.68.